The van der Waals surface area contributed by atoms with Crippen molar-refractivity contribution in [2.24, 2.45) is 0 Å². The second-order valence-corrected chi connectivity index (χ2v) is 5.58. The van der Waals surface area contributed by atoms with E-state index >= 15 is 0 Å². The van der Waals surface area contributed by atoms with E-state index in [0.717, 1.165) is 6.07 Å². The summed E-state index contributed by atoms with van der Waals surface area (Å²) >= 11 is 0. The summed E-state index contributed by atoms with van der Waals surface area (Å²) in [5.41, 5.74) is -1.22. The molecule has 122 valence electrons. The number of aliphatic carboxylic acids is 1. The van der Waals surface area contributed by atoms with Gasteiger partial charge in [0.2, 0.25) is 0 Å². The van der Waals surface area contributed by atoms with Crippen molar-refractivity contribution in [1.29, 1.82) is 0 Å². The summed E-state index contributed by atoms with van der Waals surface area (Å²) in [6.45, 7) is 4.74. The standard InChI is InChI=1S/C14H16F3NO4/c1-14(2,3)22-13(21)18-9(12(19)20)6-7-4-5-8(15)11(17)10(7)16/h4-5,9H,6H2,1-3H3,(H,18,21)(H,19,20). The fourth-order valence-corrected chi connectivity index (χ4v) is 1.59. The van der Waals surface area contributed by atoms with Gasteiger partial charge in [-0.25, -0.2) is 22.8 Å². The molecule has 1 atom stereocenters. The molecule has 8 heteroatoms. The zero-order valence-electron chi connectivity index (χ0n) is 12.2. The van der Waals surface area contributed by atoms with Crippen LogP contribution in [0.5, 0.6) is 0 Å². The van der Waals surface area contributed by atoms with E-state index < -0.39 is 47.6 Å². The lowest BCUT2D eigenvalue weighted by atomic mass is 10.1. The van der Waals surface area contributed by atoms with Gasteiger partial charge < -0.3 is 15.2 Å². The minimum Gasteiger partial charge on any atom is -0.480 e. The fraction of sp³-hybridized carbons (Fsp3) is 0.429. The van der Waals surface area contributed by atoms with E-state index in [1.807, 2.05) is 5.32 Å². The van der Waals surface area contributed by atoms with Gasteiger partial charge in [-0.15, -0.1) is 0 Å². The number of carboxylic acid groups (broad SMARTS) is 1. The van der Waals surface area contributed by atoms with Crippen LogP contribution in [-0.2, 0) is 16.0 Å². The Morgan fingerprint density at radius 3 is 2.32 bits per heavy atom. The first kappa shape index (κ1) is 17.8. The lowest BCUT2D eigenvalue weighted by Crippen LogP contribution is -2.44. The summed E-state index contributed by atoms with van der Waals surface area (Å²) in [6.07, 6.45) is -1.57. The number of hydrogen-bond donors (Lipinski definition) is 2. The number of ether oxygens (including phenoxy) is 1. The van der Waals surface area contributed by atoms with E-state index in [0.29, 0.717) is 6.07 Å². The second kappa shape index (κ2) is 6.67. The van der Waals surface area contributed by atoms with Crippen LogP contribution < -0.4 is 5.32 Å². The molecule has 1 aromatic rings. The number of carboxylic acids is 1. The smallest absolute Gasteiger partial charge is 0.408 e. The maximum absolute atomic E-state index is 13.5. The van der Waals surface area contributed by atoms with Gasteiger partial charge in [-0.05, 0) is 32.4 Å². The van der Waals surface area contributed by atoms with Crippen molar-refractivity contribution >= 4 is 12.1 Å². The highest BCUT2D eigenvalue weighted by Gasteiger charge is 2.26. The molecule has 1 amide bonds. The highest BCUT2D eigenvalue weighted by atomic mass is 19.2. The van der Waals surface area contributed by atoms with Gasteiger partial charge in [-0.3, -0.25) is 0 Å². The van der Waals surface area contributed by atoms with Crippen LogP contribution in [0.25, 0.3) is 0 Å². The molecule has 0 saturated heterocycles. The Hall–Kier alpha value is -2.25. The SMILES string of the molecule is CC(C)(C)OC(=O)NC(Cc1ccc(F)c(F)c1F)C(=O)O. The minimum absolute atomic E-state index is 0.373. The van der Waals surface area contributed by atoms with Crippen molar-refractivity contribution in [3.8, 4) is 0 Å². The van der Waals surface area contributed by atoms with E-state index in [4.69, 9.17) is 9.84 Å². The average molecular weight is 319 g/mol. The Morgan fingerprint density at radius 1 is 1.23 bits per heavy atom. The molecule has 0 fully saturated rings. The van der Waals surface area contributed by atoms with E-state index in [9.17, 15) is 22.8 Å². The van der Waals surface area contributed by atoms with Crippen LogP contribution in [0.3, 0.4) is 0 Å². The molecule has 22 heavy (non-hydrogen) atoms. The van der Waals surface area contributed by atoms with Gasteiger partial charge >= 0.3 is 12.1 Å². The highest BCUT2D eigenvalue weighted by Crippen LogP contribution is 2.17. The number of carbonyl (C=O) groups excluding carboxylic acids is 1. The number of amides is 1. The van der Waals surface area contributed by atoms with Gasteiger partial charge in [0.05, 0.1) is 0 Å². The van der Waals surface area contributed by atoms with Gasteiger partial charge in [0.25, 0.3) is 0 Å². The molecule has 1 aromatic carbocycles. The van der Waals surface area contributed by atoms with Gasteiger partial charge in [0.15, 0.2) is 17.5 Å². The lowest BCUT2D eigenvalue weighted by Gasteiger charge is -2.22. The number of carbonyl (C=O) groups is 2. The van der Waals surface area contributed by atoms with E-state index in [1.54, 1.807) is 20.8 Å². The summed E-state index contributed by atoms with van der Waals surface area (Å²) in [7, 11) is 0. The molecule has 0 aliphatic rings. The minimum atomic E-state index is -1.70. The summed E-state index contributed by atoms with van der Waals surface area (Å²) in [4.78, 5) is 22.7. The van der Waals surface area contributed by atoms with Crippen LogP contribution in [0.15, 0.2) is 12.1 Å². The number of halogens is 3. The number of nitrogens with one attached hydrogen (secondary N) is 1. The van der Waals surface area contributed by atoms with Crippen LogP contribution in [-0.4, -0.2) is 28.8 Å². The maximum Gasteiger partial charge on any atom is 0.408 e. The Kier molecular flexibility index (Phi) is 5.40. The molecule has 0 bridgehead atoms. The van der Waals surface area contributed by atoms with Crippen molar-refractivity contribution in [3.05, 3.63) is 35.1 Å². The quantitative estimate of drug-likeness (QED) is 0.837. The van der Waals surface area contributed by atoms with Crippen molar-refractivity contribution < 1.29 is 32.6 Å². The first-order valence-electron chi connectivity index (χ1n) is 6.36. The molecule has 0 aliphatic carbocycles. The Morgan fingerprint density at radius 2 is 1.82 bits per heavy atom. The summed E-state index contributed by atoms with van der Waals surface area (Å²) in [6, 6.07) is 0.0508. The van der Waals surface area contributed by atoms with Gasteiger partial charge in [0, 0.05) is 6.42 Å². The molecule has 0 heterocycles. The fourth-order valence-electron chi connectivity index (χ4n) is 1.59. The topological polar surface area (TPSA) is 75.6 Å². The predicted molar refractivity (Wildman–Crippen MR) is 70.8 cm³/mol. The second-order valence-electron chi connectivity index (χ2n) is 5.58. The van der Waals surface area contributed by atoms with E-state index in [-0.39, 0.29) is 5.56 Å². The van der Waals surface area contributed by atoms with Crippen LogP contribution in [0.2, 0.25) is 0 Å². The van der Waals surface area contributed by atoms with Gasteiger partial charge in [-0.1, -0.05) is 6.07 Å². The normalized spacial score (nSPS) is 12.6. The largest absolute Gasteiger partial charge is 0.480 e. The van der Waals surface area contributed by atoms with Gasteiger partial charge in [-0.2, -0.15) is 0 Å². The monoisotopic (exact) mass is 319 g/mol. The van der Waals surface area contributed by atoms with Crippen LogP contribution in [0.1, 0.15) is 26.3 Å². The zero-order chi connectivity index (χ0) is 17.1. The average Bonchev–Trinajstić information content (AvgIpc) is 2.36. The van der Waals surface area contributed by atoms with Crippen molar-refractivity contribution in [2.75, 3.05) is 0 Å². The maximum atomic E-state index is 13.5. The lowest BCUT2D eigenvalue weighted by molar-refractivity contribution is -0.139. The first-order chi connectivity index (χ1) is 10.0. The molecule has 2 N–H and O–H groups in total. The predicted octanol–water partition coefficient (Wildman–Crippen LogP) is 2.62. The van der Waals surface area contributed by atoms with E-state index in [2.05, 4.69) is 0 Å². The Bertz CT molecular complexity index is 584. The molecule has 0 aromatic heterocycles. The first-order valence-corrected chi connectivity index (χ1v) is 6.36. The van der Waals surface area contributed by atoms with Crippen LogP contribution in [0.4, 0.5) is 18.0 Å². The molecule has 1 unspecified atom stereocenters. The van der Waals surface area contributed by atoms with Crippen molar-refractivity contribution in [1.82, 2.24) is 5.32 Å². The van der Waals surface area contributed by atoms with Crippen LogP contribution >= 0.6 is 0 Å². The molecule has 0 radical (unpaired) electrons. The summed E-state index contributed by atoms with van der Waals surface area (Å²) in [5.74, 6) is -6.03. The van der Waals surface area contributed by atoms with Crippen LogP contribution in [0, 0.1) is 17.5 Å². The number of benzene rings is 1. The third kappa shape index (κ3) is 4.94. The third-order valence-electron chi connectivity index (χ3n) is 2.53. The molecule has 5 nitrogen and oxygen atoms in total. The highest BCUT2D eigenvalue weighted by molar-refractivity contribution is 5.80. The third-order valence-corrected chi connectivity index (χ3v) is 2.53. The molecule has 0 aliphatic heterocycles. The Labute approximate surface area is 125 Å². The zero-order valence-corrected chi connectivity index (χ0v) is 12.2. The summed E-state index contributed by atoms with van der Waals surface area (Å²) in [5, 5.41) is 11.1. The van der Waals surface area contributed by atoms with Crippen molar-refractivity contribution in [3.63, 3.8) is 0 Å². The van der Waals surface area contributed by atoms with Crippen molar-refractivity contribution in [2.45, 2.75) is 38.8 Å². The Balaban J connectivity index is 2.88. The molecule has 1 rings (SSSR count). The number of hydrogen-bond acceptors (Lipinski definition) is 3. The molecular weight excluding hydrogens is 303 g/mol. The number of alkyl carbamates (subject to hydrolysis) is 1. The van der Waals surface area contributed by atoms with E-state index in [1.165, 1.54) is 0 Å². The molecule has 0 saturated carbocycles. The number of rotatable bonds is 4. The molecular formula is C14H16F3NO4. The van der Waals surface area contributed by atoms with Gasteiger partial charge in [0.1, 0.15) is 11.6 Å². The summed E-state index contributed by atoms with van der Waals surface area (Å²) < 4.78 is 44.4. The molecule has 0 spiro atoms.